The van der Waals surface area contributed by atoms with E-state index in [9.17, 15) is 4.79 Å². The predicted molar refractivity (Wildman–Crippen MR) is 47.5 cm³/mol. The van der Waals surface area contributed by atoms with Crippen molar-refractivity contribution in [3.8, 4) is 0 Å². The Morgan fingerprint density at radius 3 is 2.62 bits per heavy atom. The number of hydrogen-bond acceptors (Lipinski definition) is 3. The lowest BCUT2D eigenvalue weighted by molar-refractivity contribution is 0.0979. The molecular formula is C10H9NO2. The molecule has 1 aliphatic rings. The Labute approximate surface area is 75.9 Å². The molecule has 2 rings (SSSR count). The Balaban J connectivity index is 0.000000251. The topological polar surface area (TPSA) is 58.0 Å². The number of ketones is 1. The van der Waals surface area contributed by atoms with E-state index in [1.807, 2.05) is 18.2 Å². The van der Waals surface area contributed by atoms with Gasteiger partial charge in [0.05, 0.1) is 0 Å². The van der Waals surface area contributed by atoms with Crippen LogP contribution in [0, 0.1) is 5.41 Å². The average molecular weight is 175 g/mol. The summed E-state index contributed by atoms with van der Waals surface area (Å²) in [7, 11) is 0. The van der Waals surface area contributed by atoms with E-state index >= 15 is 0 Å². The van der Waals surface area contributed by atoms with Crippen molar-refractivity contribution in [3.05, 3.63) is 35.4 Å². The second-order valence-corrected chi connectivity index (χ2v) is 2.73. The summed E-state index contributed by atoms with van der Waals surface area (Å²) in [5.74, 6) is 0.285. The van der Waals surface area contributed by atoms with Gasteiger partial charge < -0.3 is 0 Å². The maximum absolute atomic E-state index is 11.1. The van der Waals surface area contributed by atoms with Crippen LogP contribution in [0.2, 0.25) is 0 Å². The van der Waals surface area contributed by atoms with Crippen LogP contribution in [0.3, 0.4) is 0 Å². The number of benzene rings is 1. The van der Waals surface area contributed by atoms with E-state index in [0.29, 0.717) is 6.42 Å². The molecule has 0 aliphatic heterocycles. The van der Waals surface area contributed by atoms with Crippen molar-refractivity contribution < 1.29 is 9.59 Å². The van der Waals surface area contributed by atoms with Gasteiger partial charge in [0, 0.05) is 12.0 Å². The van der Waals surface area contributed by atoms with Gasteiger partial charge in [-0.05, 0) is 18.1 Å². The quantitative estimate of drug-likeness (QED) is 0.482. The Hall–Kier alpha value is -1.73. The number of fused-ring (bicyclic) bond motifs is 2. The fourth-order valence-electron chi connectivity index (χ4n) is 1.30. The Bertz CT molecular complexity index is 352. The van der Waals surface area contributed by atoms with E-state index in [0.717, 1.165) is 18.1 Å². The van der Waals surface area contributed by atoms with Crippen LogP contribution in [0.5, 0.6) is 0 Å². The molecule has 66 valence electrons. The van der Waals surface area contributed by atoms with Crippen LogP contribution in [0.1, 0.15) is 22.3 Å². The van der Waals surface area contributed by atoms with Gasteiger partial charge >= 0.3 is 0 Å². The lowest BCUT2D eigenvalue weighted by Crippen LogP contribution is -2.06. The van der Waals surface area contributed by atoms with Crippen molar-refractivity contribution in [1.82, 2.24) is 0 Å². The van der Waals surface area contributed by atoms with Gasteiger partial charge in [-0.25, -0.2) is 10.2 Å². The highest BCUT2D eigenvalue weighted by atomic mass is 16.1. The summed E-state index contributed by atoms with van der Waals surface area (Å²) in [6, 6.07) is 7.87. The number of aryl methyl sites for hydroxylation is 1. The summed E-state index contributed by atoms with van der Waals surface area (Å²) < 4.78 is 0. The van der Waals surface area contributed by atoms with Crippen molar-refractivity contribution in [3.63, 3.8) is 0 Å². The van der Waals surface area contributed by atoms with E-state index in [1.54, 1.807) is 0 Å². The fraction of sp³-hybridized carbons (Fsp3) is 0.200. The predicted octanol–water partition coefficient (Wildman–Crippen LogP) is 1.72. The Morgan fingerprint density at radius 1 is 1.31 bits per heavy atom. The minimum atomic E-state index is 0.285. The number of hydrogen-bond donors (Lipinski definition) is 1. The second kappa shape index (κ2) is 4.33. The first-order valence-corrected chi connectivity index (χ1v) is 3.94. The first-order valence-electron chi connectivity index (χ1n) is 3.94. The summed E-state index contributed by atoms with van der Waals surface area (Å²) >= 11 is 0. The number of nitrogens with one attached hydrogen (secondary N) is 1. The molecule has 0 unspecified atom stereocenters. The maximum atomic E-state index is 11.1. The van der Waals surface area contributed by atoms with Crippen molar-refractivity contribution in [1.29, 1.82) is 5.41 Å². The highest BCUT2D eigenvalue weighted by Gasteiger charge is 2.11. The molecule has 3 nitrogen and oxygen atoms in total. The Morgan fingerprint density at radius 2 is 2.00 bits per heavy atom. The molecule has 1 aromatic rings. The molecule has 0 saturated heterocycles. The third-order valence-electron chi connectivity index (χ3n) is 1.89. The number of Topliss-reactive ketones (excluding diaryl/α,β-unsaturated/α-hetero) is 1. The molecule has 13 heavy (non-hydrogen) atoms. The normalized spacial score (nSPS) is 12.5. The summed E-state index contributed by atoms with van der Waals surface area (Å²) in [6.07, 6.45) is 2.37. The van der Waals surface area contributed by atoms with Crippen LogP contribution < -0.4 is 0 Å². The number of carbonyl (C=O) groups excluding carboxylic acids is 2. The van der Waals surface area contributed by atoms with Crippen molar-refractivity contribution in [2.24, 2.45) is 0 Å². The zero-order valence-corrected chi connectivity index (χ0v) is 7.04. The molecule has 0 fully saturated rings. The number of rotatable bonds is 0. The highest BCUT2D eigenvalue weighted by molar-refractivity contribution is 5.97. The summed E-state index contributed by atoms with van der Waals surface area (Å²) in [5, 5.41) is 5.40. The van der Waals surface area contributed by atoms with E-state index in [4.69, 9.17) is 10.2 Å². The second-order valence-electron chi connectivity index (χ2n) is 2.73. The van der Waals surface area contributed by atoms with E-state index in [-0.39, 0.29) is 5.78 Å². The average Bonchev–Trinajstić information content (AvgIpc) is 2.14. The van der Waals surface area contributed by atoms with E-state index in [2.05, 4.69) is 6.07 Å². The molecule has 0 amide bonds. The van der Waals surface area contributed by atoms with Gasteiger partial charge in [0.25, 0.3) is 0 Å². The molecule has 0 aromatic heterocycles. The van der Waals surface area contributed by atoms with Crippen molar-refractivity contribution >= 4 is 11.9 Å². The summed E-state index contributed by atoms with van der Waals surface area (Å²) in [5.41, 5.74) is 2.17. The molecule has 0 spiro atoms. The minimum Gasteiger partial charge on any atom is -0.294 e. The van der Waals surface area contributed by atoms with Crippen LogP contribution in [0.25, 0.3) is 0 Å². The standard InChI is InChI=1S/C9H8O.CHNO/c10-9-5-4-7-2-1-3-8(9)6-7;2-1-3/h1-3,6H,4-5H2;2H. The fourth-order valence-corrected chi connectivity index (χ4v) is 1.30. The summed E-state index contributed by atoms with van der Waals surface area (Å²) in [6.45, 7) is 0. The monoisotopic (exact) mass is 175 g/mol. The van der Waals surface area contributed by atoms with Gasteiger partial charge in [0.2, 0.25) is 6.08 Å². The number of carbonyl (C=O) groups is 1. The van der Waals surface area contributed by atoms with Gasteiger partial charge in [-0.15, -0.1) is 0 Å². The van der Waals surface area contributed by atoms with Gasteiger partial charge in [0.15, 0.2) is 5.78 Å². The van der Waals surface area contributed by atoms with Crippen LogP contribution in [0.4, 0.5) is 0 Å². The third-order valence-corrected chi connectivity index (χ3v) is 1.89. The maximum Gasteiger partial charge on any atom is 0.231 e. The SMILES string of the molecule is N=C=O.O=C1CCc2cccc1c2. The number of isocyanates is 1. The molecule has 1 aliphatic carbocycles. The van der Waals surface area contributed by atoms with Crippen LogP contribution in [-0.2, 0) is 11.2 Å². The van der Waals surface area contributed by atoms with E-state index in [1.165, 1.54) is 5.56 Å². The smallest absolute Gasteiger partial charge is 0.231 e. The first kappa shape index (κ1) is 9.36. The molecule has 0 saturated carbocycles. The molecule has 1 N–H and O–H groups in total. The summed E-state index contributed by atoms with van der Waals surface area (Å²) in [4.78, 5) is 19.4. The van der Waals surface area contributed by atoms with Crippen molar-refractivity contribution in [2.75, 3.05) is 0 Å². The first-order chi connectivity index (χ1) is 6.27. The zero-order valence-electron chi connectivity index (χ0n) is 7.04. The van der Waals surface area contributed by atoms with Crippen molar-refractivity contribution in [2.45, 2.75) is 12.8 Å². The lowest BCUT2D eigenvalue weighted by Gasteiger charge is -2.09. The molecule has 3 heteroatoms. The third kappa shape index (κ3) is 2.36. The Kier molecular flexibility index (Phi) is 3.12. The lowest BCUT2D eigenvalue weighted by atomic mass is 9.95. The highest BCUT2D eigenvalue weighted by Crippen LogP contribution is 2.15. The minimum absolute atomic E-state index is 0.285. The van der Waals surface area contributed by atoms with Gasteiger partial charge in [-0.2, -0.15) is 0 Å². The molecule has 1 aromatic carbocycles. The van der Waals surface area contributed by atoms with Crippen LogP contribution in [-0.4, -0.2) is 11.9 Å². The van der Waals surface area contributed by atoms with E-state index < -0.39 is 0 Å². The van der Waals surface area contributed by atoms with Crippen LogP contribution in [0.15, 0.2) is 24.3 Å². The van der Waals surface area contributed by atoms with Crippen LogP contribution >= 0.6 is 0 Å². The largest absolute Gasteiger partial charge is 0.294 e. The molecule has 0 atom stereocenters. The molecule has 2 bridgehead atoms. The molecule has 0 heterocycles. The molecule has 0 radical (unpaired) electrons. The van der Waals surface area contributed by atoms with Gasteiger partial charge in [-0.3, -0.25) is 4.79 Å². The van der Waals surface area contributed by atoms with Gasteiger partial charge in [-0.1, -0.05) is 18.2 Å². The molecular weight excluding hydrogens is 166 g/mol. The van der Waals surface area contributed by atoms with Gasteiger partial charge in [0.1, 0.15) is 0 Å². The zero-order chi connectivity index (χ0) is 9.68.